The standard InChI is InChI=1S/C22H28BrNO2/c1-14-7-9-18(15(2)11-14)16(3)24-21(25)13-26-20-10-8-17(12-19(20)23)22(4,5)6/h7-12,16H,13H2,1-6H3,(H,24,25)/t16-/m1/s1. The lowest BCUT2D eigenvalue weighted by atomic mass is 9.87. The van der Waals surface area contributed by atoms with Crippen LogP contribution in [0.4, 0.5) is 0 Å². The van der Waals surface area contributed by atoms with Gasteiger partial charge in [-0.1, -0.05) is 50.6 Å². The second kappa shape index (κ2) is 8.26. The molecule has 2 aromatic rings. The van der Waals surface area contributed by atoms with Gasteiger partial charge in [-0.25, -0.2) is 0 Å². The van der Waals surface area contributed by atoms with Crippen LogP contribution in [0.25, 0.3) is 0 Å². The molecule has 26 heavy (non-hydrogen) atoms. The minimum atomic E-state index is -0.135. The first-order valence-electron chi connectivity index (χ1n) is 8.87. The maximum atomic E-state index is 12.3. The number of carbonyl (C=O) groups is 1. The Labute approximate surface area is 165 Å². The zero-order chi connectivity index (χ0) is 19.5. The fourth-order valence-electron chi connectivity index (χ4n) is 2.90. The predicted octanol–water partition coefficient (Wildman–Crippen LogP) is 5.62. The third-order valence-electron chi connectivity index (χ3n) is 4.43. The molecule has 4 heteroatoms. The SMILES string of the molecule is Cc1ccc([C@@H](C)NC(=O)COc2ccc(C(C)(C)C)cc2Br)c(C)c1. The minimum Gasteiger partial charge on any atom is -0.483 e. The molecule has 1 atom stereocenters. The zero-order valence-electron chi connectivity index (χ0n) is 16.4. The van der Waals surface area contributed by atoms with Crippen LogP contribution in [0.15, 0.2) is 40.9 Å². The topological polar surface area (TPSA) is 38.3 Å². The van der Waals surface area contributed by atoms with Crippen LogP contribution in [-0.4, -0.2) is 12.5 Å². The van der Waals surface area contributed by atoms with Gasteiger partial charge in [0.2, 0.25) is 0 Å². The molecule has 2 aromatic carbocycles. The van der Waals surface area contributed by atoms with Crippen LogP contribution in [0.5, 0.6) is 5.75 Å². The van der Waals surface area contributed by atoms with Gasteiger partial charge in [0.25, 0.3) is 5.91 Å². The largest absolute Gasteiger partial charge is 0.483 e. The van der Waals surface area contributed by atoms with E-state index in [9.17, 15) is 4.79 Å². The lowest BCUT2D eigenvalue weighted by molar-refractivity contribution is -0.123. The molecule has 2 rings (SSSR count). The molecule has 3 nitrogen and oxygen atoms in total. The van der Waals surface area contributed by atoms with Gasteiger partial charge in [-0.05, 0) is 70.9 Å². The predicted molar refractivity (Wildman–Crippen MR) is 111 cm³/mol. The number of nitrogens with one attached hydrogen (secondary N) is 1. The van der Waals surface area contributed by atoms with Crippen LogP contribution in [0.3, 0.4) is 0 Å². The molecule has 0 bridgehead atoms. The molecule has 0 aliphatic carbocycles. The Bertz CT molecular complexity index is 793. The molecule has 0 aliphatic heterocycles. The van der Waals surface area contributed by atoms with Crippen LogP contribution in [0.2, 0.25) is 0 Å². The van der Waals surface area contributed by atoms with Gasteiger partial charge in [0.05, 0.1) is 10.5 Å². The maximum absolute atomic E-state index is 12.3. The molecule has 0 aliphatic rings. The highest BCUT2D eigenvalue weighted by molar-refractivity contribution is 9.10. The van der Waals surface area contributed by atoms with Gasteiger partial charge in [0.15, 0.2) is 6.61 Å². The summed E-state index contributed by atoms with van der Waals surface area (Å²) in [7, 11) is 0. The highest BCUT2D eigenvalue weighted by Gasteiger charge is 2.16. The summed E-state index contributed by atoms with van der Waals surface area (Å²) in [6.07, 6.45) is 0. The molecular weight excluding hydrogens is 390 g/mol. The zero-order valence-corrected chi connectivity index (χ0v) is 18.0. The third kappa shape index (κ3) is 5.34. The van der Waals surface area contributed by atoms with Gasteiger partial charge in [0, 0.05) is 0 Å². The summed E-state index contributed by atoms with van der Waals surface area (Å²) in [5.41, 5.74) is 4.81. The summed E-state index contributed by atoms with van der Waals surface area (Å²) in [6, 6.07) is 12.2. The summed E-state index contributed by atoms with van der Waals surface area (Å²) >= 11 is 3.54. The van der Waals surface area contributed by atoms with E-state index in [-0.39, 0.29) is 24.0 Å². The van der Waals surface area contributed by atoms with Crippen LogP contribution in [0, 0.1) is 13.8 Å². The van der Waals surface area contributed by atoms with Gasteiger partial charge in [-0.3, -0.25) is 4.79 Å². The highest BCUT2D eigenvalue weighted by Crippen LogP contribution is 2.31. The average Bonchev–Trinajstić information content (AvgIpc) is 2.52. The molecule has 1 amide bonds. The van der Waals surface area contributed by atoms with Gasteiger partial charge in [0.1, 0.15) is 5.75 Å². The Kier molecular flexibility index (Phi) is 6.51. The number of ether oxygens (including phenoxy) is 1. The van der Waals surface area contributed by atoms with Crippen LogP contribution >= 0.6 is 15.9 Å². The second-order valence-electron chi connectivity index (χ2n) is 7.83. The number of hydrogen-bond acceptors (Lipinski definition) is 2. The summed E-state index contributed by atoms with van der Waals surface area (Å²) in [6.45, 7) is 12.6. The van der Waals surface area contributed by atoms with E-state index in [4.69, 9.17) is 4.74 Å². The third-order valence-corrected chi connectivity index (χ3v) is 5.05. The molecule has 140 valence electrons. The number of benzene rings is 2. The van der Waals surface area contributed by atoms with E-state index in [1.165, 1.54) is 16.7 Å². The first-order chi connectivity index (χ1) is 12.1. The van der Waals surface area contributed by atoms with Crippen molar-refractivity contribution in [3.05, 3.63) is 63.1 Å². The van der Waals surface area contributed by atoms with E-state index < -0.39 is 0 Å². The summed E-state index contributed by atoms with van der Waals surface area (Å²) < 4.78 is 6.55. The maximum Gasteiger partial charge on any atom is 0.258 e. The van der Waals surface area contributed by atoms with E-state index in [0.717, 1.165) is 10.0 Å². The van der Waals surface area contributed by atoms with Crippen molar-refractivity contribution >= 4 is 21.8 Å². The number of amides is 1. The van der Waals surface area contributed by atoms with Crippen molar-refractivity contribution < 1.29 is 9.53 Å². The van der Waals surface area contributed by atoms with Crippen molar-refractivity contribution in [3.8, 4) is 5.75 Å². The average molecular weight is 418 g/mol. The van der Waals surface area contributed by atoms with Crippen molar-refractivity contribution in [1.82, 2.24) is 5.32 Å². The van der Waals surface area contributed by atoms with Crippen molar-refractivity contribution in [2.24, 2.45) is 0 Å². The quantitative estimate of drug-likeness (QED) is 0.685. The number of carbonyl (C=O) groups excluding carboxylic acids is 1. The molecule has 1 N–H and O–H groups in total. The highest BCUT2D eigenvalue weighted by atomic mass is 79.9. The Hall–Kier alpha value is -1.81. The van der Waals surface area contributed by atoms with Crippen LogP contribution < -0.4 is 10.1 Å². The Morgan fingerprint density at radius 2 is 1.85 bits per heavy atom. The van der Waals surface area contributed by atoms with Gasteiger partial charge in [-0.15, -0.1) is 0 Å². The molecule has 0 radical (unpaired) electrons. The Morgan fingerprint density at radius 3 is 2.42 bits per heavy atom. The molecule has 0 spiro atoms. The fraction of sp³-hybridized carbons (Fsp3) is 0.409. The summed E-state index contributed by atoms with van der Waals surface area (Å²) in [4.78, 5) is 12.3. The van der Waals surface area contributed by atoms with E-state index >= 15 is 0 Å². The van der Waals surface area contributed by atoms with Crippen molar-refractivity contribution in [1.29, 1.82) is 0 Å². The number of aryl methyl sites for hydroxylation is 2. The Balaban J connectivity index is 1.96. The molecule has 0 saturated carbocycles. The van der Waals surface area contributed by atoms with Crippen LogP contribution in [0.1, 0.15) is 56.0 Å². The minimum absolute atomic E-state index is 0.0112. The monoisotopic (exact) mass is 417 g/mol. The second-order valence-corrected chi connectivity index (χ2v) is 8.69. The van der Waals surface area contributed by atoms with E-state index in [0.29, 0.717) is 5.75 Å². The molecular formula is C22H28BrNO2. The van der Waals surface area contributed by atoms with Crippen LogP contribution in [-0.2, 0) is 10.2 Å². The van der Waals surface area contributed by atoms with Crippen molar-refractivity contribution in [2.45, 2.75) is 53.0 Å². The molecule has 0 fully saturated rings. The normalized spacial score (nSPS) is 12.6. The lowest BCUT2D eigenvalue weighted by Crippen LogP contribution is -2.31. The van der Waals surface area contributed by atoms with Gasteiger partial charge < -0.3 is 10.1 Å². The van der Waals surface area contributed by atoms with E-state index in [1.54, 1.807) is 0 Å². The number of halogens is 1. The molecule has 0 heterocycles. The lowest BCUT2D eigenvalue weighted by Gasteiger charge is -2.20. The van der Waals surface area contributed by atoms with Gasteiger partial charge in [-0.2, -0.15) is 0 Å². The first-order valence-corrected chi connectivity index (χ1v) is 9.66. The molecule has 0 unspecified atom stereocenters. The summed E-state index contributed by atoms with van der Waals surface area (Å²) in [5.74, 6) is 0.539. The smallest absolute Gasteiger partial charge is 0.258 e. The summed E-state index contributed by atoms with van der Waals surface area (Å²) in [5, 5.41) is 3.00. The van der Waals surface area contributed by atoms with Gasteiger partial charge >= 0.3 is 0 Å². The van der Waals surface area contributed by atoms with Crippen molar-refractivity contribution in [3.63, 3.8) is 0 Å². The molecule has 0 saturated heterocycles. The number of rotatable bonds is 5. The first kappa shape index (κ1) is 20.5. The Morgan fingerprint density at radius 1 is 1.15 bits per heavy atom. The van der Waals surface area contributed by atoms with Crippen molar-refractivity contribution in [2.75, 3.05) is 6.61 Å². The van der Waals surface area contributed by atoms with E-state index in [1.807, 2.05) is 25.1 Å². The number of hydrogen-bond donors (Lipinski definition) is 1. The fourth-order valence-corrected chi connectivity index (χ4v) is 3.39. The molecule has 0 aromatic heterocycles. The van der Waals surface area contributed by atoms with E-state index in [2.05, 4.69) is 74.1 Å².